The van der Waals surface area contributed by atoms with Crippen molar-refractivity contribution in [2.75, 3.05) is 42.9 Å². The summed E-state index contributed by atoms with van der Waals surface area (Å²) < 4.78 is 6.65. The number of nitrogens with zero attached hydrogens (tertiary/aromatic N) is 5. The lowest BCUT2D eigenvalue weighted by Gasteiger charge is -2.11. The van der Waals surface area contributed by atoms with Gasteiger partial charge in [0.15, 0.2) is 5.71 Å². The number of hydrogen-bond acceptors (Lipinski definition) is 8. The largest absolute Gasteiger partial charge is 0.462 e. The average molecular weight is 557 g/mol. The minimum Gasteiger partial charge on any atom is -0.462 e. The van der Waals surface area contributed by atoms with E-state index in [1.165, 1.54) is 0 Å². The number of amides is 1. The van der Waals surface area contributed by atoms with E-state index in [0.29, 0.717) is 35.8 Å². The Bertz CT molecular complexity index is 1400. The lowest BCUT2D eigenvalue weighted by atomic mass is 10.2. The van der Waals surface area contributed by atoms with Crippen molar-refractivity contribution in [3.63, 3.8) is 0 Å². The topological polar surface area (TPSA) is 112 Å². The molecular weight excluding hydrogens is 518 g/mol. The number of carbonyl (C=O) groups is 2. The molecule has 1 amide bonds. The smallest absolute Gasteiger partial charge is 0.338 e. The van der Waals surface area contributed by atoms with Gasteiger partial charge in [0.1, 0.15) is 11.9 Å². The maximum Gasteiger partial charge on any atom is 0.338 e. The van der Waals surface area contributed by atoms with Crippen LogP contribution in [0.5, 0.6) is 0 Å². The van der Waals surface area contributed by atoms with Crippen molar-refractivity contribution < 1.29 is 19.0 Å². The summed E-state index contributed by atoms with van der Waals surface area (Å²) in [5, 5.41) is 11.7. The summed E-state index contributed by atoms with van der Waals surface area (Å²) in [4.78, 5) is 31.8. The van der Waals surface area contributed by atoms with Crippen LogP contribution in [0, 0.1) is 0 Å². The molecule has 10 nitrogen and oxygen atoms in total. The van der Waals surface area contributed by atoms with Crippen LogP contribution in [0.4, 0.5) is 17.1 Å². The van der Waals surface area contributed by atoms with E-state index >= 15 is 0 Å². The Morgan fingerprint density at radius 3 is 2.39 bits per heavy atom. The summed E-state index contributed by atoms with van der Waals surface area (Å²) in [5.74, 6) is -0.812. The number of rotatable bonds is 13. The van der Waals surface area contributed by atoms with Crippen LogP contribution in [-0.2, 0) is 9.53 Å². The highest BCUT2D eigenvalue weighted by Crippen LogP contribution is 2.12. The molecule has 3 rings (SSSR count). The number of benzene rings is 2. The second-order valence-electron chi connectivity index (χ2n) is 9.35. The van der Waals surface area contributed by atoms with E-state index in [4.69, 9.17) is 4.74 Å². The van der Waals surface area contributed by atoms with E-state index in [-0.39, 0.29) is 5.71 Å². The van der Waals surface area contributed by atoms with Gasteiger partial charge in [0.05, 0.1) is 23.6 Å². The number of nitrogens with one attached hydrogen (secondary N) is 2. The van der Waals surface area contributed by atoms with Crippen LogP contribution in [0.1, 0.15) is 49.5 Å². The number of hydrogen-bond donors (Lipinski definition) is 2. The zero-order valence-electron chi connectivity index (χ0n) is 24.3. The van der Waals surface area contributed by atoms with Gasteiger partial charge in [-0.25, -0.2) is 4.79 Å². The van der Waals surface area contributed by atoms with Gasteiger partial charge in [0, 0.05) is 32.4 Å². The van der Waals surface area contributed by atoms with Crippen molar-refractivity contribution in [1.82, 2.24) is 0 Å². The molecule has 3 aromatic rings. The zero-order chi connectivity index (χ0) is 29.6. The van der Waals surface area contributed by atoms with Crippen LogP contribution >= 0.6 is 0 Å². The van der Waals surface area contributed by atoms with Gasteiger partial charge in [-0.1, -0.05) is 30.2 Å². The number of unbranched alkanes of at least 4 members (excludes halogenated alkanes) is 1. The van der Waals surface area contributed by atoms with Crippen LogP contribution in [0.15, 0.2) is 88.3 Å². The molecule has 0 unspecified atom stereocenters. The Morgan fingerprint density at radius 2 is 1.73 bits per heavy atom. The first-order chi connectivity index (χ1) is 19.8. The molecule has 0 fully saturated rings. The summed E-state index contributed by atoms with van der Waals surface area (Å²) in [5.41, 5.74) is 7.20. The van der Waals surface area contributed by atoms with Crippen LogP contribution in [0.2, 0.25) is 0 Å². The quantitative estimate of drug-likeness (QED) is 0.104. The third kappa shape index (κ3) is 9.68. The van der Waals surface area contributed by atoms with E-state index in [2.05, 4.69) is 32.9 Å². The number of hydrazone groups is 1. The minimum absolute atomic E-state index is 0.149. The molecule has 0 saturated carbocycles. The first kappa shape index (κ1) is 30.7. The molecular formula is C31H38N7O3+. The average Bonchev–Trinajstić information content (AvgIpc) is 2.97. The van der Waals surface area contributed by atoms with E-state index < -0.39 is 11.9 Å². The molecule has 2 aromatic carbocycles. The van der Waals surface area contributed by atoms with Crippen LogP contribution in [0.3, 0.4) is 0 Å². The highest BCUT2D eigenvalue weighted by Gasteiger charge is 2.17. The van der Waals surface area contributed by atoms with Crippen LogP contribution in [-0.4, -0.2) is 56.8 Å². The predicted octanol–water partition coefficient (Wildman–Crippen LogP) is 4.77. The van der Waals surface area contributed by atoms with Gasteiger partial charge < -0.3 is 15.0 Å². The summed E-state index contributed by atoms with van der Waals surface area (Å²) in [6, 6.07) is 18.3. The monoisotopic (exact) mass is 556 g/mol. The zero-order valence-corrected chi connectivity index (χ0v) is 24.3. The highest BCUT2D eigenvalue weighted by atomic mass is 16.5. The van der Waals surface area contributed by atoms with Crippen molar-refractivity contribution in [1.29, 1.82) is 0 Å². The Kier molecular flexibility index (Phi) is 11.7. The third-order valence-corrected chi connectivity index (χ3v) is 5.90. The number of esters is 1. The number of aromatic nitrogens is 1. The number of pyridine rings is 1. The molecule has 0 aliphatic rings. The van der Waals surface area contributed by atoms with Gasteiger partial charge in [0.25, 0.3) is 5.91 Å². The molecule has 0 bridgehead atoms. The van der Waals surface area contributed by atoms with E-state index in [9.17, 15) is 9.59 Å². The maximum atomic E-state index is 13.3. The van der Waals surface area contributed by atoms with Crippen molar-refractivity contribution in [2.45, 2.75) is 33.6 Å². The molecule has 214 valence electrons. The molecule has 2 N–H and O–H groups in total. The van der Waals surface area contributed by atoms with Gasteiger partial charge in [-0.2, -0.15) is 5.10 Å². The van der Waals surface area contributed by atoms with Gasteiger partial charge in [-0.3, -0.25) is 15.2 Å². The molecule has 0 aliphatic heterocycles. The Hall–Kier alpha value is -4.86. The number of ether oxygens (including phenoxy) is 1. The number of carbonyl (C=O) groups excluding carboxylic acids is 2. The van der Waals surface area contributed by atoms with Crippen molar-refractivity contribution in [2.24, 2.45) is 15.2 Å². The van der Waals surface area contributed by atoms with Crippen molar-refractivity contribution >= 4 is 46.6 Å². The lowest BCUT2D eigenvalue weighted by molar-refractivity contribution is -0.677. The van der Waals surface area contributed by atoms with Gasteiger partial charge in [-0.05, 0) is 73.4 Å². The highest BCUT2D eigenvalue weighted by molar-refractivity contribution is 6.68. The maximum absolute atomic E-state index is 13.3. The predicted molar refractivity (Wildman–Crippen MR) is 165 cm³/mol. The number of aliphatic imine (C=N–C) groups is 1. The van der Waals surface area contributed by atoms with Gasteiger partial charge in [0.2, 0.25) is 12.4 Å². The molecule has 0 aliphatic carbocycles. The Labute approximate surface area is 241 Å². The minimum atomic E-state index is -0.417. The van der Waals surface area contributed by atoms with Crippen LogP contribution in [0.25, 0.3) is 0 Å². The molecule has 0 saturated heterocycles. The Balaban J connectivity index is 1.76. The summed E-state index contributed by atoms with van der Waals surface area (Å²) in [6.07, 6.45) is 7.15. The third-order valence-electron chi connectivity index (χ3n) is 5.90. The summed E-state index contributed by atoms with van der Waals surface area (Å²) >= 11 is 0. The standard InChI is InChI=1S/C31H37N7O3/c1-6-8-19-32-23(3)29(36-35-26-15-13-25(14-16-26)31(40)41-7-2)30(39)34-27-10-9-20-38(22-27)33-21-24-11-17-28(18-12-24)37(4)5/h9-18,20-22H,6-8,19H2,1-5H3,(H-,32,34,35,39,40)/p+1/b33-21-. The lowest BCUT2D eigenvalue weighted by Crippen LogP contribution is -2.32. The SMILES string of the molecule is CCCCN=C(C)C(=NNc1ccc(C(=O)OCC)cc1)C(=O)Nc1ccc[n+](/N=C\c2ccc(N(C)C)cc2)c1. The van der Waals surface area contributed by atoms with E-state index in [1.54, 1.807) is 73.5 Å². The fourth-order valence-corrected chi connectivity index (χ4v) is 3.58. The molecule has 0 radical (unpaired) electrons. The van der Waals surface area contributed by atoms with Crippen molar-refractivity contribution in [3.8, 4) is 0 Å². The molecule has 0 atom stereocenters. The fraction of sp³-hybridized carbons (Fsp3) is 0.290. The second kappa shape index (κ2) is 15.7. The molecule has 10 heteroatoms. The summed E-state index contributed by atoms with van der Waals surface area (Å²) in [7, 11) is 3.99. The molecule has 0 spiro atoms. The number of anilines is 3. The first-order valence-electron chi connectivity index (χ1n) is 13.6. The van der Waals surface area contributed by atoms with E-state index in [0.717, 1.165) is 24.1 Å². The van der Waals surface area contributed by atoms with Gasteiger partial charge in [-0.15, -0.1) is 0 Å². The molecule has 1 heterocycles. The summed E-state index contributed by atoms with van der Waals surface area (Å²) in [6.45, 7) is 6.50. The van der Waals surface area contributed by atoms with Crippen molar-refractivity contribution in [3.05, 3.63) is 84.2 Å². The first-order valence-corrected chi connectivity index (χ1v) is 13.6. The van der Waals surface area contributed by atoms with Crippen LogP contribution < -0.4 is 20.3 Å². The second-order valence-corrected chi connectivity index (χ2v) is 9.35. The molecule has 41 heavy (non-hydrogen) atoms. The van der Waals surface area contributed by atoms with Gasteiger partial charge >= 0.3 is 5.97 Å². The Morgan fingerprint density at radius 1 is 1.00 bits per heavy atom. The normalized spacial score (nSPS) is 11.8. The molecule has 1 aromatic heterocycles. The van der Waals surface area contributed by atoms with E-state index in [1.807, 2.05) is 43.3 Å². The fourth-order valence-electron chi connectivity index (χ4n) is 3.58.